The molecule has 0 fully saturated rings. The summed E-state index contributed by atoms with van der Waals surface area (Å²) in [5.74, 6) is 0.308. The van der Waals surface area contributed by atoms with Gasteiger partial charge in [0, 0.05) is 18.6 Å². The molecule has 0 aromatic carbocycles. The summed E-state index contributed by atoms with van der Waals surface area (Å²) < 4.78 is 5.73. The maximum Gasteiger partial charge on any atom is 0.244 e. The van der Waals surface area contributed by atoms with Gasteiger partial charge in [0.2, 0.25) is 5.88 Å². The van der Waals surface area contributed by atoms with Crippen LogP contribution in [0.3, 0.4) is 0 Å². The molecule has 0 spiro atoms. The normalized spacial score (nSPS) is 11.5. The van der Waals surface area contributed by atoms with Gasteiger partial charge in [-0.15, -0.1) is 5.10 Å². The molecule has 0 saturated carbocycles. The van der Waals surface area contributed by atoms with Crippen LogP contribution >= 0.6 is 0 Å². The quantitative estimate of drug-likeness (QED) is 0.592. The van der Waals surface area contributed by atoms with Gasteiger partial charge in [0.1, 0.15) is 12.4 Å². The van der Waals surface area contributed by atoms with Crippen molar-refractivity contribution in [3.63, 3.8) is 0 Å². The second-order valence-electron chi connectivity index (χ2n) is 5.78. The zero-order chi connectivity index (χ0) is 16.2. The summed E-state index contributed by atoms with van der Waals surface area (Å²) in [5.41, 5.74) is 7.79. The molecule has 6 nitrogen and oxygen atoms in total. The Morgan fingerprint density at radius 3 is 2.24 bits per heavy atom. The van der Waals surface area contributed by atoms with E-state index in [-0.39, 0.29) is 5.84 Å². The molecule has 0 unspecified atom stereocenters. The number of nitrogens with two attached hydrogens (primary N) is 1. The van der Waals surface area contributed by atoms with Crippen molar-refractivity contribution in [2.45, 2.75) is 53.6 Å². The molecule has 0 saturated heterocycles. The van der Waals surface area contributed by atoms with Crippen LogP contribution in [0.25, 0.3) is 0 Å². The zero-order valence-corrected chi connectivity index (χ0v) is 13.9. The Labute approximate surface area is 127 Å². The van der Waals surface area contributed by atoms with Crippen LogP contribution in [-0.4, -0.2) is 46.2 Å². The van der Waals surface area contributed by atoms with Crippen molar-refractivity contribution in [1.82, 2.24) is 15.1 Å². The van der Waals surface area contributed by atoms with Gasteiger partial charge in [0.05, 0.1) is 11.3 Å². The lowest BCUT2D eigenvalue weighted by Gasteiger charge is -2.30. The number of amidine groups is 1. The number of ether oxygens (including phenoxy) is 1. The molecule has 1 aromatic heterocycles. The van der Waals surface area contributed by atoms with Gasteiger partial charge in [-0.25, -0.2) is 0 Å². The highest BCUT2D eigenvalue weighted by atomic mass is 16.5. The molecule has 0 amide bonds. The first kappa shape index (κ1) is 17.4. The number of nitrogens with one attached hydrogen (secondary N) is 1. The van der Waals surface area contributed by atoms with Gasteiger partial charge in [0.15, 0.2) is 0 Å². The van der Waals surface area contributed by atoms with Crippen LogP contribution in [0.4, 0.5) is 0 Å². The third-order valence-corrected chi connectivity index (χ3v) is 3.61. The van der Waals surface area contributed by atoms with Gasteiger partial charge < -0.3 is 10.5 Å². The fourth-order valence-corrected chi connectivity index (χ4v) is 2.37. The van der Waals surface area contributed by atoms with Crippen molar-refractivity contribution >= 4 is 5.84 Å². The maximum atomic E-state index is 7.69. The van der Waals surface area contributed by atoms with E-state index in [4.69, 9.17) is 15.9 Å². The van der Waals surface area contributed by atoms with Gasteiger partial charge in [0.25, 0.3) is 0 Å². The van der Waals surface area contributed by atoms with Crippen molar-refractivity contribution in [2.24, 2.45) is 5.73 Å². The lowest BCUT2D eigenvalue weighted by atomic mass is 10.1. The van der Waals surface area contributed by atoms with E-state index in [2.05, 4.69) is 42.8 Å². The van der Waals surface area contributed by atoms with E-state index in [1.165, 1.54) is 0 Å². The molecule has 6 heteroatoms. The third kappa shape index (κ3) is 4.39. The van der Waals surface area contributed by atoms with E-state index in [1.807, 2.05) is 13.8 Å². The minimum absolute atomic E-state index is 0.0370. The van der Waals surface area contributed by atoms with Crippen molar-refractivity contribution in [3.05, 3.63) is 16.8 Å². The van der Waals surface area contributed by atoms with Crippen molar-refractivity contribution in [2.75, 3.05) is 13.2 Å². The van der Waals surface area contributed by atoms with Gasteiger partial charge in [-0.05, 0) is 47.1 Å². The van der Waals surface area contributed by atoms with Crippen molar-refractivity contribution in [3.8, 4) is 5.88 Å². The molecule has 118 valence electrons. The Kier molecular flexibility index (Phi) is 6.08. The van der Waals surface area contributed by atoms with Crippen LogP contribution in [0.2, 0.25) is 0 Å². The fourth-order valence-electron chi connectivity index (χ4n) is 2.37. The topological polar surface area (TPSA) is 88.1 Å². The molecular formula is C15H27N5O. The molecule has 0 aliphatic rings. The Balaban J connectivity index is 2.81. The molecule has 1 rings (SSSR count). The average Bonchev–Trinajstić information content (AvgIpc) is 2.37. The molecule has 0 aliphatic heterocycles. The number of nitrogens with zero attached hydrogens (tertiary/aromatic N) is 3. The second kappa shape index (κ2) is 7.36. The third-order valence-electron chi connectivity index (χ3n) is 3.61. The van der Waals surface area contributed by atoms with E-state index < -0.39 is 0 Å². The lowest BCUT2D eigenvalue weighted by Crippen LogP contribution is -2.39. The summed E-state index contributed by atoms with van der Waals surface area (Å²) in [7, 11) is 0. The van der Waals surface area contributed by atoms with Crippen LogP contribution in [0.5, 0.6) is 5.88 Å². The monoisotopic (exact) mass is 293 g/mol. The second-order valence-corrected chi connectivity index (χ2v) is 5.78. The SMILES string of the molecule is Cc1nnc(OCCN(C(C)C)C(C)C)c(C(=N)N)c1C. The van der Waals surface area contributed by atoms with Crippen molar-refractivity contribution < 1.29 is 4.74 Å². The first-order chi connectivity index (χ1) is 9.75. The fraction of sp³-hybridized carbons (Fsp3) is 0.667. The molecule has 0 bridgehead atoms. The summed E-state index contributed by atoms with van der Waals surface area (Å²) in [6.07, 6.45) is 0. The summed E-state index contributed by atoms with van der Waals surface area (Å²) in [4.78, 5) is 2.34. The van der Waals surface area contributed by atoms with E-state index in [0.29, 0.717) is 30.1 Å². The highest BCUT2D eigenvalue weighted by Crippen LogP contribution is 2.19. The minimum atomic E-state index is -0.0370. The van der Waals surface area contributed by atoms with Gasteiger partial charge in [-0.2, -0.15) is 5.10 Å². The van der Waals surface area contributed by atoms with Crippen LogP contribution in [0.1, 0.15) is 44.5 Å². The van der Waals surface area contributed by atoms with Crippen LogP contribution in [0, 0.1) is 19.3 Å². The maximum absolute atomic E-state index is 7.69. The number of rotatable bonds is 7. The lowest BCUT2D eigenvalue weighted by molar-refractivity contribution is 0.139. The molecular weight excluding hydrogens is 266 g/mol. The van der Waals surface area contributed by atoms with E-state index in [0.717, 1.165) is 17.8 Å². The average molecular weight is 293 g/mol. The predicted molar refractivity (Wildman–Crippen MR) is 85.0 cm³/mol. The number of aryl methyl sites for hydroxylation is 1. The largest absolute Gasteiger partial charge is 0.475 e. The van der Waals surface area contributed by atoms with Crippen molar-refractivity contribution in [1.29, 1.82) is 5.41 Å². The smallest absolute Gasteiger partial charge is 0.244 e. The highest BCUT2D eigenvalue weighted by molar-refractivity contribution is 5.98. The standard InChI is InChI=1S/C15H27N5O/c1-9(2)20(10(3)4)7-8-21-15-13(14(16)17)11(5)12(6)18-19-15/h9-10H,7-8H2,1-6H3,(H3,16,17). The minimum Gasteiger partial charge on any atom is -0.475 e. The number of hydrogen-bond acceptors (Lipinski definition) is 5. The van der Waals surface area contributed by atoms with Crippen LogP contribution in [-0.2, 0) is 0 Å². The van der Waals surface area contributed by atoms with Crippen LogP contribution in [0.15, 0.2) is 0 Å². The van der Waals surface area contributed by atoms with E-state index in [1.54, 1.807) is 0 Å². The molecule has 0 atom stereocenters. The van der Waals surface area contributed by atoms with E-state index in [9.17, 15) is 0 Å². The molecule has 0 radical (unpaired) electrons. The van der Waals surface area contributed by atoms with Gasteiger partial charge in [-0.1, -0.05) is 0 Å². The Morgan fingerprint density at radius 2 is 1.76 bits per heavy atom. The Hall–Kier alpha value is -1.69. The highest BCUT2D eigenvalue weighted by Gasteiger charge is 2.17. The Morgan fingerprint density at radius 1 is 1.19 bits per heavy atom. The summed E-state index contributed by atoms with van der Waals surface area (Å²) in [6.45, 7) is 13.7. The summed E-state index contributed by atoms with van der Waals surface area (Å²) >= 11 is 0. The summed E-state index contributed by atoms with van der Waals surface area (Å²) in [5, 5.41) is 15.8. The van der Waals surface area contributed by atoms with Crippen LogP contribution < -0.4 is 10.5 Å². The summed E-state index contributed by atoms with van der Waals surface area (Å²) in [6, 6.07) is 0.901. The zero-order valence-electron chi connectivity index (χ0n) is 13.9. The molecule has 1 aromatic rings. The Bertz CT molecular complexity index is 491. The first-order valence-corrected chi connectivity index (χ1v) is 7.32. The van der Waals surface area contributed by atoms with E-state index >= 15 is 0 Å². The number of nitrogen functional groups attached to an aromatic ring is 1. The number of aromatic nitrogens is 2. The molecule has 1 heterocycles. The molecule has 3 N–H and O–H groups in total. The first-order valence-electron chi connectivity index (χ1n) is 7.32. The van der Waals surface area contributed by atoms with Gasteiger partial charge in [-0.3, -0.25) is 10.3 Å². The molecule has 21 heavy (non-hydrogen) atoms. The number of hydrogen-bond donors (Lipinski definition) is 2. The van der Waals surface area contributed by atoms with Gasteiger partial charge >= 0.3 is 0 Å². The predicted octanol–water partition coefficient (Wildman–Crippen LogP) is 1.88. The molecule has 0 aliphatic carbocycles.